The van der Waals surface area contributed by atoms with E-state index in [1.807, 2.05) is 6.92 Å². The molecule has 0 radical (unpaired) electrons. The lowest BCUT2D eigenvalue weighted by atomic mass is 10.0. The molecule has 2 fully saturated rings. The van der Waals surface area contributed by atoms with E-state index in [4.69, 9.17) is 4.74 Å². The molecule has 1 unspecified atom stereocenters. The van der Waals surface area contributed by atoms with E-state index >= 15 is 0 Å². The zero-order valence-corrected chi connectivity index (χ0v) is 10.2. The molecule has 16 heavy (non-hydrogen) atoms. The second-order valence-corrected chi connectivity index (χ2v) is 4.95. The number of likely N-dealkylation sites (tertiary alicyclic amines) is 1. The Morgan fingerprint density at radius 1 is 1.56 bits per heavy atom. The Morgan fingerprint density at radius 3 is 3.12 bits per heavy atom. The highest BCUT2D eigenvalue weighted by atomic mass is 16.5. The van der Waals surface area contributed by atoms with Crippen molar-refractivity contribution in [2.24, 2.45) is 5.92 Å². The first-order chi connectivity index (χ1) is 7.72. The van der Waals surface area contributed by atoms with Crippen molar-refractivity contribution in [3.63, 3.8) is 0 Å². The van der Waals surface area contributed by atoms with Crippen molar-refractivity contribution < 1.29 is 9.53 Å². The van der Waals surface area contributed by atoms with E-state index in [1.54, 1.807) is 7.11 Å². The third-order valence-electron chi connectivity index (χ3n) is 3.93. The van der Waals surface area contributed by atoms with E-state index in [0.29, 0.717) is 24.3 Å². The van der Waals surface area contributed by atoms with E-state index < -0.39 is 0 Å². The van der Waals surface area contributed by atoms with Crippen molar-refractivity contribution in [3.8, 4) is 0 Å². The minimum atomic E-state index is 0.184. The van der Waals surface area contributed by atoms with Crippen LogP contribution in [-0.4, -0.2) is 49.7 Å². The fourth-order valence-electron chi connectivity index (χ4n) is 2.75. The number of methoxy groups -OCH3 is 1. The topological polar surface area (TPSA) is 41.6 Å². The fraction of sp³-hybridized carbons (Fsp3) is 0.917. The third-order valence-corrected chi connectivity index (χ3v) is 3.93. The van der Waals surface area contributed by atoms with Crippen LogP contribution < -0.4 is 5.32 Å². The smallest absolute Gasteiger partial charge is 0.222 e. The molecule has 1 N–H and O–H groups in total. The summed E-state index contributed by atoms with van der Waals surface area (Å²) in [4.78, 5) is 14.1. The molecular weight excluding hydrogens is 204 g/mol. The standard InChI is InChI=1S/C12H22N2O2/c1-9(16-2)3-4-12(15)14-6-5-10-7-13-8-11(10)14/h9-11,13H,3-8H2,1-2H3/t9?,10-,11+/m0/s1. The Hall–Kier alpha value is -0.610. The lowest BCUT2D eigenvalue weighted by Gasteiger charge is -2.24. The van der Waals surface area contributed by atoms with E-state index in [2.05, 4.69) is 10.2 Å². The van der Waals surface area contributed by atoms with Crippen molar-refractivity contribution >= 4 is 5.91 Å². The zero-order valence-electron chi connectivity index (χ0n) is 10.2. The number of carbonyl (C=O) groups is 1. The molecule has 1 amide bonds. The summed E-state index contributed by atoms with van der Waals surface area (Å²) in [6.07, 6.45) is 2.81. The molecule has 0 bridgehead atoms. The number of hydrogen-bond donors (Lipinski definition) is 1. The van der Waals surface area contributed by atoms with Crippen LogP contribution in [0, 0.1) is 5.92 Å². The molecule has 92 valence electrons. The van der Waals surface area contributed by atoms with Gasteiger partial charge in [-0.1, -0.05) is 0 Å². The fourth-order valence-corrected chi connectivity index (χ4v) is 2.75. The Morgan fingerprint density at radius 2 is 2.38 bits per heavy atom. The average Bonchev–Trinajstić information content (AvgIpc) is 2.86. The molecule has 2 aliphatic heterocycles. The van der Waals surface area contributed by atoms with Crippen LogP contribution in [0.3, 0.4) is 0 Å². The quantitative estimate of drug-likeness (QED) is 0.764. The van der Waals surface area contributed by atoms with Gasteiger partial charge >= 0.3 is 0 Å². The van der Waals surface area contributed by atoms with Crippen LogP contribution in [0.25, 0.3) is 0 Å². The van der Waals surface area contributed by atoms with Crippen LogP contribution in [0.4, 0.5) is 0 Å². The first-order valence-electron chi connectivity index (χ1n) is 6.25. The van der Waals surface area contributed by atoms with Crippen LogP contribution in [0.5, 0.6) is 0 Å². The van der Waals surface area contributed by atoms with Crippen LogP contribution in [0.2, 0.25) is 0 Å². The molecule has 0 aliphatic carbocycles. The van der Waals surface area contributed by atoms with Gasteiger partial charge in [0.05, 0.1) is 6.10 Å². The van der Waals surface area contributed by atoms with Crippen molar-refractivity contribution in [2.45, 2.75) is 38.3 Å². The molecule has 2 heterocycles. The van der Waals surface area contributed by atoms with Gasteiger partial charge < -0.3 is 15.0 Å². The Bertz CT molecular complexity index is 257. The van der Waals surface area contributed by atoms with Gasteiger partial charge in [0.2, 0.25) is 5.91 Å². The molecule has 0 spiro atoms. The van der Waals surface area contributed by atoms with E-state index in [1.165, 1.54) is 6.42 Å². The van der Waals surface area contributed by atoms with Crippen LogP contribution in [0.15, 0.2) is 0 Å². The molecule has 2 rings (SSSR count). The lowest BCUT2D eigenvalue weighted by Crippen LogP contribution is -2.39. The van der Waals surface area contributed by atoms with E-state index in [9.17, 15) is 4.79 Å². The zero-order chi connectivity index (χ0) is 11.5. The van der Waals surface area contributed by atoms with Crippen LogP contribution in [-0.2, 0) is 9.53 Å². The second kappa shape index (κ2) is 5.15. The van der Waals surface area contributed by atoms with Gasteiger partial charge in [0.25, 0.3) is 0 Å². The first kappa shape index (κ1) is 11.9. The molecule has 4 nitrogen and oxygen atoms in total. The van der Waals surface area contributed by atoms with Crippen LogP contribution >= 0.6 is 0 Å². The van der Waals surface area contributed by atoms with Gasteiger partial charge in [0.1, 0.15) is 0 Å². The van der Waals surface area contributed by atoms with E-state index in [-0.39, 0.29) is 6.10 Å². The number of ether oxygens (including phenoxy) is 1. The average molecular weight is 226 g/mol. The molecule has 0 saturated carbocycles. The summed E-state index contributed by atoms with van der Waals surface area (Å²) in [7, 11) is 1.70. The number of hydrogen-bond acceptors (Lipinski definition) is 3. The first-order valence-corrected chi connectivity index (χ1v) is 6.25. The van der Waals surface area contributed by atoms with Gasteiger partial charge in [-0.25, -0.2) is 0 Å². The molecule has 4 heteroatoms. The maximum atomic E-state index is 12.1. The molecule has 2 saturated heterocycles. The van der Waals surface area contributed by atoms with Crippen molar-refractivity contribution in [1.29, 1.82) is 0 Å². The molecule has 3 atom stereocenters. The third kappa shape index (κ3) is 2.38. The maximum Gasteiger partial charge on any atom is 0.222 e. The van der Waals surface area contributed by atoms with Crippen LogP contribution in [0.1, 0.15) is 26.2 Å². The minimum absolute atomic E-state index is 0.184. The molecule has 0 aromatic rings. The molecule has 0 aromatic heterocycles. The largest absolute Gasteiger partial charge is 0.382 e. The highest BCUT2D eigenvalue weighted by Crippen LogP contribution is 2.27. The van der Waals surface area contributed by atoms with Gasteiger partial charge in [-0.3, -0.25) is 4.79 Å². The number of carbonyl (C=O) groups excluding carboxylic acids is 1. The highest BCUT2D eigenvalue weighted by Gasteiger charge is 2.39. The highest BCUT2D eigenvalue weighted by molar-refractivity contribution is 5.77. The summed E-state index contributed by atoms with van der Waals surface area (Å²) in [5.41, 5.74) is 0. The van der Waals surface area contributed by atoms with Crippen molar-refractivity contribution in [3.05, 3.63) is 0 Å². The van der Waals surface area contributed by atoms with Gasteiger partial charge in [-0.2, -0.15) is 0 Å². The monoisotopic (exact) mass is 226 g/mol. The summed E-state index contributed by atoms with van der Waals surface area (Å²) < 4.78 is 5.17. The summed E-state index contributed by atoms with van der Waals surface area (Å²) in [6, 6.07) is 0.463. The Balaban J connectivity index is 1.81. The van der Waals surface area contributed by atoms with Gasteiger partial charge in [0, 0.05) is 39.2 Å². The summed E-state index contributed by atoms with van der Waals surface area (Å²) >= 11 is 0. The van der Waals surface area contributed by atoms with Gasteiger partial charge in [-0.05, 0) is 25.7 Å². The van der Waals surface area contributed by atoms with Crippen molar-refractivity contribution in [2.75, 3.05) is 26.7 Å². The minimum Gasteiger partial charge on any atom is -0.382 e. The van der Waals surface area contributed by atoms with Crippen molar-refractivity contribution in [1.82, 2.24) is 10.2 Å². The van der Waals surface area contributed by atoms with E-state index in [0.717, 1.165) is 26.1 Å². The molecule has 0 aromatic carbocycles. The normalized spacial score (nSPS) is 30.5. The number of rotatable bonds is 4. The SMILES string of the molecule is COC(C)CCC(=O)N1CC[C@H]2CNC[C@H]21. The Labute approximate surface area is 97.3 Å². The van der Waals surface area contributed by atoms with Gasteiger partial charge in [-0.15, -0.1) is 0 Å². The molecule has 2 aliphatic rings. The predicted octanol–water partition coefficient (Wildman–Crippen LogP) is 0.622. The van der Waals surface area contributed by atoms with Gasteiger partial charge in [0.15, 0.2) is 0 Å². The number of nitrogens with zero attached hydrogens (tertiary/aromatic N) is 1. The maximum absolute atomic E-state index is 12.1. The summed E-state index contributed by atoms with van der Waals surface area (Å²) in [5, 5.41) is 3.37. The second-order valence-electron chi connectivity index (χ2n) is 4.95. The number of amides is 1. The molecular formula is C12H22N2O2. The summed E-state index contributed by atoms with van der Waals surface area (Å²) in [5.74, 6) is 1.00. The Kier molecular flexibility index (Phi) is 3.82. The predicted molar refractivity (Wildman–Crippen MR) is 62.2 cm³/mol. The number of fused-ring (bicyclic) bond motifs is 1. The summed E-state index contributed by atoms with van der Waals surface area (Å²) in [6.45, 7) is 5.04. The lowest BCUT2D eigenvalue weighted by molar-refractivity contribution is -0.132. The number of nitrogens with one attached hydrogen (secondary N) is 1.